The third kappa shape index (κ3) is 5.22. The van der Waals surface area contributed by atoms with Crippen molar-refractivity contribution in [1.29, 1.82) is 0 Å². The SMILES string of the molecule is Cc1ccc(Br)cc1S(=O)(=O)NCCC(=O)NC(C)C. The van der Waals surface area contributed by atoms with Gasteiger partial charge in [-0.25, -0.2) is 13.1 Å². The molecule has 0 aliphatic carbocycles. The van der Waals surface area contributed by atoms with Crippen LogP contribution in [0.4, 0.5) is 0 Å². The molecule has 0 aliphatic rings. The van der Waals surface area contributed by atoms with Gasteiger partial charge in [-0.2, -0.15) is 0 Å². The Bertz CT molecular complexity index is 585. The summed E-state index contributed by atoms with van der Waals surface area (Å²) >= 11 is 3.25. The molecule has 112 valence electrons. The summed E-state index contributed by atoms with van der Waals surface area (Å²) in [7, 11) is -3.60. The highest BCUT2D eigenvalue weighted by molar-refractivity contribution is 9.10. The first-order valence-corrected chi connectivity index (χ1v) is 8.55. The lowest BCUT2D eigenvalue weighted by Gasteiger charge is -2.11. The standard InChI is InChI=1S/C13H19BrN2O3S/c1-9(2)16-13(17)6-7-15-20(18,19)12-8-11(14)5-4-10(12)3/h4-5,8-9,15H,6-7H2,1-3H3,(H,16,17). The molecule has 1 rings (SSSR count). The number of halogens is 1. The molecule has 0 aromatic heterocycles. The number of carbonyl (C=O) groups excluding carboxylic acids is 1. The maximum absolute atomic E-state index is 12.1. The van der Waals surface area contributed by atoms with Crippen LogP contribution in [-0.2, 0) is 14.8 Å². The van der Waals surface area contributed by atoms with Crippen molar-refractivity contribution in [3.05, 3.63) is 28.2 Å². The van der Waals surface area contributed by atoms with Gasteiger partial charge < -0.3 is 5.32 Å². The fourth-order valence-electron chi connectivity index (χ4n) is 1.63. The normalized spacial score (nSPS) is 11.7. The first-order chi connectivity index (χ1) is 9.22. The molecule has 1 aromatic rings. The zero-order valence-electron chi connectivity index (χ0n) is 11.7. The summed E-state index contributed by atoms with van der Waals surface area (Å²) in [6, 6.07) is 5.10. The van der Waals surface area contributed by atoms with Gasteiger partial charge in [0.2, 0.25) is 15.9 Å². The van der Waals surface area contributed by atoms with Gasteiger partial charge in [0.05, 0.1) is 4.90 Å². The summed E-state index contributed by atoms with van der Waals surface area (Å²) < 4.78 is 27.4. The van der Waals surface area contributed by atoms with Crippen molar-refractivity contribution >= 4 is 31.9 Å². The molecule has 0 bridgehead atoms. The maximum atomic E-state index is 12.1. The third-order valence-corrected chi connectivity index (χ3v) is 4.63. The van der Waals surface area contributed by atoms with E-state index in [2.05, 4.69) is 26.0 Å². The molecule has 0 saturated heterocycles. The highest BCUT2D eigenvalue weighted by atomic mass is 79.9. The number of hydrogen-bond donors (Lipinski definition) is 2. The van der Waals surface area contributed by atoms with Gasteiger partial charge in [-0.15, -0.1) is 0 Å². The van der Waals surface area contributed by atoms with E-state index >= 15 is 0 Å². The van der Waals surface area contributed by atoms with Crippen LogP contribution in [0, 0.1) is 6.92 Å². The maximum Gasteiger partial charge on any atom is 0.240 e. The smallest absolute Gasteiger partial charge is 0.240 e. The Morgan fingerprint density at radius 2 is 2.00 bits per heavy atom. The number of carbonyl (C=O) groups is 1. The molecule has 0 atom stereocenters. The second-order valence-electron chi connectivity index (χ2n) is 4.78. The molecule has 5 nitrogen and oxygen atoms in total. The Morgan fingerprint density at radius 3 is 2.60 bits per heavy atom. The number of amides is 1. The molecule has 0 radical (unpaired) electrons. The Hall–Kier alpha value is -0.920. The Morgan fingerprint density at radius 1 is 1.35 bits per heavy atom. The average Bonchev–Trinajstić information content (AvgIpc) is 2.30. The van der Waals surface area contributed by atoms with E-state index in [1.165, 1.54) is 0 Å². The summed E-state index contributed by atoms with van der Waals surface area (Å²) in [5, 5.41) is 2.71. The number of sulfonamides is 1. The molecule has 0 heterocycles. The van der Waals surface area contributed by atoms with E-state index < -0.39 is 10.0 Å². The van der Waals surface area contributed by atoms with E-state index in [9.17, 15) is 13.2 Å². The monoisotopic (exact) mass is 362 g/mol. The lowest BCUT2D eigenvalue weighted by Crippen LogP contribution is -2.34. The van der Waals surface area contributed by atoms with Crippen LogP contribution in [0.5, 0.6) is 0 Å². The molecular weight excluding hydrogens is 344 g/mol. The van der Waals surface area contributed by atoms with Crippen LogP contribution >= 0.6 is 15.9 Å². The molecule has 1 aromatic carbocycles. The number of rotatable bonds is 6. The van der Waals surface area contributed by atoms with Crippen LogP contribution in [0.3, 0.4) is 0 Å². The van der Waals surface area contributed by atoms with Crippen LogP contribution in [-0.4, -0.2) is 26.9 Å². The second kappa shape index (κ2) is 7.19. The molecule has 0 spiro atoms. The largest absolute Gasteiger partial charge is 0.354 e. The minimum atomic E-state index is -3.60. The molecule has 0 saturated carbocycles. The van der Waals surface area contributed by atoms with Crippen LogP contribution < -0.4 is 10.0 Å². The molecule has 7 heteroatoms. The molecule has 1 amide bonds. The minimum Gasteiger partial charge on any atom is -0.354 e. The average molecular weight is 363 g/mol. The molecule has 20 heavy (non-hydrogen) atoms. The van der Waals surface area contributed by atoms with Crippen LogP contribution in [0.2, 0.25) is 0 Å². The first kappa shape index (κ1) is 17.1. The lowest BCUT2D eigenvalue weighted by atomic mass is 10.2. The summed E-state index contributed by atoms with van der Waals surface area (Å²) in [6.07, 6.45) is 0.116. The topological polar surface area (TPSA) is 75.3 Å². The van der Waals surface area contributed by atoms with E-state index in [1.54, 1.807) is 25.1 Å². The van der Waals surface area contributed by atoms with Crippen molar-refractivity contribution in [1.82, 2.24) is 10.0 Å². The molecule has 2 N–H and O–H groups in total. The van der Waals surface area contributed by atoms with Gasteiger partial charge in [-0.05, 0) is 38.5 Å². The molecule has 0 unspecified atom stereocenters. The van der Waals surface area contributed by atoms with E-state index in [4.69, 9.17) is 0 Å². The fraction of sp³-hybridized carbons (Fsp3) is 0.462. The van der Waals surface area contributed by atoms with E-state index in [-0.39, 0.29) is 29.8 Å². The zero-order valence-corrected chi connectivity index (χ0v) is 14.1. The Kier molecular flexibility index (Phi) is 6.16. The Labute approximate surface area is 128 Å². The summed E-state index contributed by atoms with van der Waals surface area (Å²) in [6.45, 7) is 5.51. The number of nitrogens with one attached hydrogen (secondary N) is 2. The zero-order chi connectivity index (χ0) is 15.3. The van der Waals surface area contributed by atoms with Crippen molar-refractivity contribution in [3.8, 4) is 0 Å². The predicted octanol–water partition coefficient (Wildman–Crippen LogP) is 1.95. The summed E-state index contributed by atoms with van der Waals surface area (Å²) in [5.74, 6) is -0.173. The third-order valence-electron chi connectivity index (χ3n) is 2.53. The van der Waals surface area contributed by atoms with E-state index in [1.807, 2.05) is 13.8 Å². The quantitative estimate of drug-likeness (QED) is 0.811. The molecule has 0 aliphatic heterocycles. The van der Waals surface area contributed by atoms with Gasteiger partial charge in [0, 0.05) is 23.5 Å². The Balaban J connectivity index is 2.67. The number of benzene rings is 1. The minimum absolute atomic E-state index is 0.0476. The number of aryl methyl sites for hydroxylation is 1. The lowest BCUT2D eigenvalue weighted by molar-refractivity contribution is -0.121. The highest BCUT2D eigenvalue weighted by Gasteiger charge is 2.17. The molecule has 0 fully saturated rings. The van der Waals surface area contributed by atoms with Gasteiger partial charge in [0.25, 0.3) is 0 Å². The van der Waals surface area contributed by atoms with Gasteiger partial charge in [-0.3, -0.25) is 4.79 Å². The van der Waals surface area contributed by atoms with Gasteiger partial charge >= 0.3 is 0 Å². The first-order valence-electron chi connectivity index (χ1n) is 6.27. The number of hydrogen-bond acceptors (Lipinski definition) is 3. The van der Waals surface area contributed by atoms with Crippen molar-refractivity contribution < 1.29 is 13.2 Å². The van der Waals surface area contributed by atoms with E-state index in [0.717, 1.165) is 0 Å². The van der Waals surface area contributed by atoms with Crippen molar-refractivity contribution in [2.75, 3.05) is 6.54 Å². The van der Waals surface area contributed by atoms with Crippen LogP contribution in [0.1, 0.15) is 25.8 Å². The van der Waals surface area contributed by atoms with E-state index in [0.29, 0.717) is 10.0 Å². The van der Waals surface area contributed by atoms with Gasteiger partial charge in [-0.1, -0.05) is 22.0 Å². The van der Waals surface area contributed by atoms with Crippen LogP contribution in [0.25, 0.3) is 0 Å². The summed E-state index contributed by atoms with van der Waals surface area (Å²) in [4.78, 5) is 11.7. The summed E-state index contributed by atoms with van der Waals surface area (Å²) in [5.41, 5.74) is 0.660. The van der Waals surface area contributed by atoms with Gasteiger partial charge in [0.15, 0.2) is 0 Å². The molecular formula is C13H19BrN2O3S. The van der Waals surface area contributed by atoms with Crippen molar-refractivity contribution in [2.45, 2.75) is 38.1 Å². The highest BCUT2D eigenvalue weighted by Crippen LogP contribution is 2.20. The van der Waals surface area contributed by atoms with Gasteiger partial charge in [0.1, 0.15) is 0 Å². The predicted molar refractivity (Wildman–Crippen MR) is 82.0 cm³/mol. The van der Waals surface area contributed by atoms with Crippen molar-refractivity contribution in [3.63, 3.8) is 0 Å². The fourth-order valence-corrected chi connectivity index (χ4v) is 3.45. The second-order valence-corrected chi connectivity index (χ2v) is 7.43. The van der Waals surface area contributed by atoms with Crippen LogP contribution in [0.15, 0.2) is 27.6 Å². The van der Waals surface area contributed by atoms with Crippen molar-refractivity contribution in [2.24, 2.45) is 0 Å².